The van der Waals surface area contributed by atoms with Gasteiger partial charge < -0.3 is 0 Å². The van der Waals surface area contributed by atoms with Gasteiger partial charge in [0, 0.05) is 5.02 Å². The topological polar surface area (TPSA) is 4.36 Å². The minimum atomic E-state index is -0.0485. The Balaban J connectivity index is 3.71. The van der Waals surface area contributed by atoms with Crippen LogP contribution in [-0.4, -0.2) is 0 Å². The molecule has 0 radical (unpaired) electrons. The average Bonchev–Trinajstić information content (AvgIpc) is 2.12. The van der Waals surface area contributed by atoms with E-state index in [4.69, 9.17) is 18.2 Å². The maximum atomic E-state index is 7.33. The van der Waals surface area contributed by atoms with Crippen LogP contribution in [-0.2, 0) is 10.8 Å². The van der Waals surface area contributed by atoms with Crippen molar-refractivity contribution in [1.82, 2.24) is 0 Å². The Bertz CT molecular complexity index is 467. The normalized spacial score (nSPS) is 12.4. The highest BCUT2D eigenvalue weighted by atomic mass is 35.5. The van der Waals surface area contributed by atoms with Gasteiger partial charge in [-0.2, -0.15) is 0 Å². The molecule has 1 nitrogen and oxygen atoms in total. The van der Waals surface area contributed by atoms with Gasteiger partial charge in [-0.3, -0.25) is 0 Å². The van der Waals surface area contributed by atoms with E-state index in [0.29, 0.717) is 10.7 Å². The molecule has 0 atom stereocenters. The third kappa shape index (κ3) is 3.01. The standard InChI is InChI=1S/C15H20ClN/c1-14(2,3)11-8-10(16)9-12(17-7)13(11)15(4,5)6/h8-9H,1-6H3. The van der Waals surface area contributed by atoms with Crippen LogP contribution in [0.5, 0.6) is 0 Å². The molecule has 92 valence electrons. The molecule has 2 heteroatoms. The zero-order valence-corrected chi connectivity index (χ0v) is 12.2. The Hall–Kier alpha value is -1.00. The highest BCUT2D eigenvalue weighted by molar-refractivity contribution is 6.31. The van der Waals surface area contributed by atoms with Gasteiger partial charge in [-0.25, -0.2) is 4.85 Å². The molecule has 1 aromatic carbocycles. The first kappa shape index (κ1) is 14.1. The first-order valence-corrected chi connectivity index (χ1v) is 6.17. The molecule has 0 aliphatic carbocycles. The van der Waals surface area contributed by atoms with Crippen LogP contribution in [0.2, 0.25) is 5.02 Å². The van der Waals surface area contributed by atoms with Crippen molar-refractivity contribution in [2.45, 2.75) is 52.4 Å². The zero-order valence-electron chi connectivity index (χ0n) is 11.5. The molecule has 0 amide bonds. The van der Waals surface area contributed by atoms with Crippen LogP contribution < -0.4 is 0 Å². The average molecular weight is 250 g/mol. The van der Waals surface area contributed by atoms with Crippen molar-refractivity contribution < 1.29 is 0 Å². The number of rotatable bonds is 0. The SMILES string of the molecule is [C-]#[N+]c1cc(Cl)cc(C(C)(C)C)c1C(C)(C)C. The van der Waals surface area contributed by atoms with Gasteiger partial charge >= 0.3 is 0 Å². The number of nitrogens with zero attached hydrogens (tertiary/aromatic N) is 1. The fraction of sp³-hybridized carbons (Fsp3) is 0.533. The van der Waals surface area contributed by atoms with Crippen LogP contribution in [0, 0.1) is 6.57 Å². The summed E-state index contributed by atoms with van der Waals surface area (Å²) in [5.41, 5.74) is 2.91. The van der Waals surface area contributed by atoms with Crippen LogP contribution in [0.15, 0.2) is 12.1 Å². The Morgan fingerprint density at radius 1 is 1.00 bits per heavy atom. The van der Waals surface area contributed by atoms with E-state index in [1.54, 1.807) is 6.07 Å². The number of halogens is 1. The van der Waals surface area contributed by atoms with E-state index < -0.39 is 0 Å². The highest BCUT2D eigenvalue weighted by Gasteiger charge is 2.28. The molecule has 17 heavy (non-hydrogen) atoms. The highest BCUT2D eigenvalue weighted by Crippen LogP contribution is 2.41. The largest absolute Gasteiger partial charge is 0.238 e. The van der Waals surface area contributed by atoms with Gasteiger partial charge in [0.1, 0.15) is 0 Å². The minimum Gasteiger partial charge on any atom is -0.238 e. The Labute approximate surface area is 110 Å². The molecule has 0 fully saturated rings. The molecule has 0 saturated carbocycles. The molecule has 0 aliphatic rings. The predicted molar refractivity (Wildman–Crippen MR) is 75.1 cm³/mol. The maximum Gasteiger partial charge on any atom is 0.192 e. The second-order valence-electron chi connectivity index (χ2n) is 6.46. The summed E-state index contributed by atoms with van der Waals surface area (Å²) in [5, 5.41) is 0.647. The van der Waals surface area contributed by atoms with Crippen LogP contribution >= 0.6 is 11.6 Å². The summed E-state index contributed by atoms with van der Waals surface area (Å²) in [7, 11) is 0. The van der Waals surface area contributed by atoms with Crippen LogP contribution in [0.1, 0.15) is 52.7 Å². The summed E-state index contributed by atoms with van der Waals surface area (Å²) in [6, 6.07) is 3.77. The fourth-order valence-corrected chi connectivity index (χ4v) is 2.27. The van der Waals surface area contributed by atoms with E-state index in [0.717, 1.165) is 5.56 Å². The zero-order chi connectivity index (χ0) is 13.4. The van der Waals surface area contributed by atoms with Crippen molar-refractivity contribution in [2.75, 3.05) is 0 Å². The summed E-state index contributed by atoms with van der Waals surface area (Å²) in [5.74, 6) is 0. The van der Waals surface area contributed by atoms with Crippen molar-refractivity contribution in [1.29, 1.82) is 0 Å². The van der Waals surface area contributed by atoms with E-state index in [9.17, 15) is 0 Å². The molecular weight excluding hydrogens is 230 g/mol. The van der Waals surface area contributed by atoms with Crippen molar-refractivity contribution >= 4 is 17.3 Å². The summed E-state index contributed by atoms with van der Waals surface area (Å²) in [6.45, 7) is 20.2. The molecule has 0 spiro atoms. The molecule has 1 aromatic rings. The molecule has 0 heterocycles. The third-order valence-electron chi connectivity index (χ3n) is 2.76. The van der Waals surface area contributed by atoms with Gasteiger partial charge in [0.25, 0.3) is 0 Å². The van der Waals surface area contributed by atoms with Crippen LogP contribution in [0.25, 0.3) is 4.85 Å². The second-order valence-corrected chi connectivity index (χ2v) is 6.90. The van der Waals surface area contributed by atoms with Crippen LogP contribution in [0.4, 0.5) is 5.69 Å². The fourth-order valence-electron chi connectivity index (χ4n) is 2.06. The van der Waals surface area contributed by atoms with Gasteiger partial charge in [0.2, 0.25) is 0 Å². The minimum absolute atomic E-state index is 0.00699. The lowest BCUT2D eigenvalue weighted by molar-refractivity contribution is 0.532. The number of benzene rings is 1. The van der Waals surface area contributed by atoms with E-state index >= 15 is 0 Å². The smallest absolute Gasteiger partial charge is 0.192 e. The lowest BCUT2D eigenvalue weighted by Crippen LogP contribution is -2.22. The summed E-state index contributed by atoms with van der Waals surface area (Å²) in [6.07, 6.45) is 0. The number of hydrogen-bond donors (Lipinski definition) is 0. The van der Waals surface area contributed by atoms with Crippen molar-refractivity contribution in [3.05, 3.63) is 39.7 Å². The van der Waals surface area contributed by atoms with Crippen molar-refractivity contribution in [3.8, 4) is 0 Å². The van der Waals surface area contributed by atoms with Gasteiger partial charge in [0.15, 0.2) is 5.69 Å². The summed E-state index contributed by atoms with van der Waals surface area (Å²) >= 11 is 6.11. The van der Waals surface area contributed by atoms with E-state index in [-0.39, 0.29) is 10.8 Å². The maximum absolute atomic E-state index is 7.33. The summed E-state index contributed by atoms with van der Waals surface area (Å²) < 4.78 is 0. The van der Waals surface area contributed by atoms with E-state index in [2.05, 4.69) is 46.4 Å². The first-order valence-electron chi connectivity index (χ1n) is 5.79. The van der Waals surface area contributed by atoms with E-state index in [1.807, 2.05) is 6.07 Å². The molecule has 0 aromatic heterocycles. The van der Waals surface area contributed by atoms with Crippen LogP contribution in [0.3, 0.4) is 0 Å². The Morgan fingerprint density at radius 3 is 1.88 bits per heavy atom. The molecule has 0 unspecified atom stereocenters. The molecule has 0 saturated heterocycles. The van der Waals surface area contributed by atoms with Gasteiger partial charge in [0.05, 0.1) is 6.57 Å². The lowest BCUT2D eigenvalue weighted by Gasteiger charge is -2.31. The molecule has 1 rings (SSSR count). The molecule has 0 aliphatic heterocycles. The molecule has 0 N–H and O–H groups in total. The van der Waals surface area contributed by atoms with Gasteiger partial charge in [-0.05, 0) is 34.1 Å². The lowest BCUT2D eigenvalue weighted by atomic mass is 9.74. The monoisotopic (exact) mass is 249 g/mol. The van der Waals surface area contributed by atoms with Gasteiger partial charge in [-0.1, -0.05) is 53.1 Å². The van der Waals surface area contributed by atoms with Crippen molar-refractivity contribution in [3.63, 3.8) is 0 Å². The first-order chi connectivity index (χ1) is 7.57. The Kier molecular flexibility index (Phi) is 3.60. The second kappa shape index (κ2) is 4.35. The summed E-state index contributed by atoms with van der Waals surface area (Å²) in [4.78, 5) is 3.64. The number of hydrogen-bond acceptors (Lipinski definition) is 0. The molecule has 0 bridgehead atoms. The molecular formula is C15H20ClN. The predicted octanol–water partition coefficient (Wildman–Crippen LogP) is 5.49. The van der Waals surface area contributed by atoms with E-state index in [1.165, 1.54) is 5.56 Å². The quantitative estimate of drug-likeness (QED) is 0.536. The Morgan fingerprint density at radius 2 is 1.53 bits per heavy atom. The van der Waals surface area contributed by atoms with Crippen molar-refractivity contribution in [2.24, 2.45) is 0 Å². The third-order valence-corrected chi connectivity index (χ3v) is 2.98. The van der Waals surface area contributed by atoms with Gasteiger partial charge in [-0.15, -0.1) is 0 Å².